The number of carbonyl (C=O) groups is 1. The summed E-state index contributed by atoms with van der Waals surface area (Å²) in [6.45, 7) is 0. The Bertz CT molecular complexity index is 495. The number of benzene rings is 1. The SMILES string of the molecule is O=C(Nc1ccc2[nH]ncc2c1)C(F)F. The highest BCUT2D eigenvalue weighted by Crippen LogP contribution is 2.17. The molecule has 0 aliphatic rings. The molecule has 0 aliphatic carbocycles. The molecule has 2 aromatic rings. The average molecular weight is 211 g/mol. The van der Waals surface area contributed by atoms with Crippen molar-refractivity contribution in [2.75, 3.05) is 5.32 Å². The molecule has 0 saturated carbocycles. The molecule has 0 fully saturated rings. The number of hydrogen-bond donors (Lipinski definition) is 2. The van der Waals surface area contributed by atoms with Crippen LogP contribution in [0.4, 0.5) is 14.5 Å². The maximum Gasteiger partial charge on any atom is 0.315 e. The predicted molar refractivity (Wildman–Crippen MR) is 50.7 cm³/mol. The Morgan fingerprint density at radius 1 is 1.47 bits per heavy atom. The number of aromatic amines is 1. The van der Waals surface area contributed by atoms with Crippen molar-refractivity contribution in [3.63, 3.8) is 0 Å². The number of halogens is 2. The van der Waals surface area contributed by atoms with E-state index in [4.69, 9.17) is 0 Å². The quantitative estimate of drug-likeness (QED) is 0.795. The summed E-state index contributed by atoms with van der Waals surface area (Å²) >= 11 is 0. The summed E-state index contributed by atoms with van der Waals surface area (Å²) in [5.41, 5.74) is 1.11. The summed E-state index contributed by atoms with van der Waals surface area (Å²) in [5.74, 6) is -1.31. The minimum absolute atomic E-state index is 0.328. The Balaban J connectivity index is 2.25. The number of nitrogens with one attached hydrogen (secondary N) is 2. The lowest BCUT2D eigenvalue weighted by atomic mass is 10.2. The molecule has 4 nitrogen and oxygen atoms in total. The zero-order valence-electron chi connectivity index (χ0n) is 7.50. The van der Waals surface area contributed by atoms with Crippen molar-refractivity contribution in [3.8, 4) is 0 Å². The van der Waals surface area contributed by atoms with Gasteiger partial charge in [-0.3, -0.25) is 9.89 Å². The minimum Gasteiger partial charge on any atom is -0.321 e. The fourth-order valence-corrected chi connectivity index (χ4v) is 1.22. The molecule has 1 aromatic carbocycles. The number of fused-ring (bicyclic) bond motifs is 1. The fourth-order valence-electron chi connectivity index (χ4n) is 1.22. The summed E-state index contributed by atoms with van der Waals surface area (Å²) < 4.78 is 23.9. The van der Waals surface area contributed by atoms with E-state index in [1.807, 2.05) is 0 Å². The van der Waals surface area contributed by atoms with Gasteiger partial charge in [-0.25, -0.2) is 0 Å². The van der Waals surface area contributed by atoms with Gasteiger partial charge in [0.1, 0.15) is 0 Å². The maximum absolute atomic E-state index is 11.9. The van der Waals surface area contributed by atoms with E-state index in [0.29, 0.717) is 5.69 Å². The van der Waals surface area contributed by atoms with Crippen LogP contribution in [-0.4, -0.2) is 22.5 Å². The van der Waals surface area contributed by atoms with Crippen molar-refractivity contribution < 1.29 is 13.6 Å². The molecule has 0 unspecified atom stereocenters. The largest absolute Gasteiger partial charge is 0.321 e. The van der Waals surface area contributed by atoms with Gasteiger partial charge in [-0.1, -0.05) is 0 Å². The van der Waals surface area contributed by atoms with Gasteiger partial charge in [0.2, 0.25) is 0 Å². The Hall–Kier alpha value is -1.98. The van der Waals surface area contributed by atoms with Crippen molar-refractivity contribution in [1.82, 2.24) is 10.2 Å². The van der Waals surface area contributed by atoms with Crippen molar-refractivity contribution in [2.45, 2.75) is 6.43 Å². The summed E-state index contributed by atoms with van der Waals surface area (Å²) in [4.78, 5) is 10.7. The molecule has 0 saturated heterocycles. The third-order valence-electron chi connectivity index (χ3n) is 1.91. The van der Waals surface area contributed by atoms with E-state index in [0.717, 1.165) is 10.9 Å². The van der Waals surface area contributed by atoms with Gasteiger partial charge in [-0.05, 0) is 18.2 Å². The van der Waals surface area contributed by atoms with Gasteiger partial charge in [0, 0.05) is 11.1 Å². The van der Waals surface area contributed by atoms with Crippen LogP contribution in [0.5, 0.6) is 0 Å². The second kappa shape index (κ2) is 3.64. The standard InChI is InChI=1S/C9H7F2N3O/c10-8(11)9(15)13-6-1-2-7-5(3-6)4-12-14-7/h1-4,8H,(H,12,14)(H,13,15). The lowest BCUT2D eigenvalue weighted by molar-refractivity contribution is -0.126. The van der Waals surface area contributed by atoms with Crippen molar-refractivity contribution in [2.24, 2.45) is 0 Å². The number of carbonyl (C=O) groups excluding carboxylic acids is 1. The molecule has 6 heteroatoms. The summed E-state index contributed by atoms with van der Waals surface area (Å²) in [6.07, 6.45) is -1.46. The van der Waals surface area contributed by atoms with E-state index in [1.54, 1.807) is 18.3 Å². The van der Waals surface area contributed by atoms with E-state index < -0.39 is 12.3 Å². The van der Waals surface area contributed by atoms with Gasteiger partial charge in [-0.2, -0.15) is 13.9 Å². The van der Waals surface area contributed by atoms with Gasteiger partial charge in [0.25, 0.3) is 5.91 Å². The number of amides is 1. The van der Waals surface area contributed by atoms with Crippen LogP contribution in [0.15, 0.2) is 24.4 Å². The monoisotopic (exact) mass is 211 g/mol. The number of hydrogen-bond acceptors (Lipinski definition) is 2. The number of nitrogens with zero attached hydrogens (tertiary/aromatic N) is 1. The number of alkyl halides is 2. The van der Waals surface area contributed by atoms with Crippen molar-refractivity contribution in [3.05, 3.63) is 24.4 Å². The first-order valence-electron chi connectivity index (χ1n) is 4.19. The first-order valence-corrected chi connectivity index (χ1v) is 4.19. The van der Waals surface area contributed by atoms with Crippen molar-refractivity contribution >= 4 is 22.5 Å². The molecule has 1 heterocycles. The number of aromatic nitrogens is 2. The lowest BCUT2D eigenvalue weighted by Crippen LogP contribution is -2.19. The van der Waals surface area contributed by atoms with Gasteiger partial charge in [-0.15, -0.1) is 0 Å². The fraction of sp³-hybridized carbons (Fsp3) is 0.111. The minimum atomic E-state index is -3.01. The highest BCUT2D eigenvalue weighted by Gasteiger charge is 2.14. The Labute approximate surface area is 83.3 Å². The zero-order chi connectivity index (χ0) is 10.8. The molecule has 0 bridgehead atoms. The van der Waals surface area contributed by atoms with Crippen molar-refractivity contribution in [1.29, 1.82) is 0 Å². The van der Waals surface area contributed by atoms with Crippen LogP contribution in [0.1, 0.15) is 0 Å². The van der Waals surface area contributed by atoms with Crippen LogP contribution in [0, 0.1) is 0 Å². The molecule has 2 rings (SSSR count). The van der Waals surface area contributed by atoms with E-state index >= 15 is 0 Å². The Morgan fingerprint density at radius 2 is 2.27 bits per heavy atom. The highest BCUT2D eigenvalue weighted by atomic mass is 19.3. The first kappa shape index (κ1) is 9.57. The van der Waals surface area contributed by atoms with Gasteiger partial charge < -0.3 is 5.32 Å². The molecular weight excluding hydrogens is 204 g/mol. The van der Waals surface area contributed by atoms with Gasteiger partial charge >= 0.3 is 6.43 Å². The smallest absolute Gasteiger partial charge is 0.315 e. The average Bonchev–Trinajstić information content (AvgIpc) is 2.64. The molecule has 1 aromatic heterocycles. The van der Waals surface area contributed by atoms with Crippen LogP contribution in [0.3, 0.4) is 0 Å². The van der Waals surface area contributed by atoms with E-state index in [2.05, 4.69) is 15.5 Å². The van der Waals surface area contributed by atoms with E-state index in [1.165, 1.54) is 6.07 Å². The highest BCUT2D eigenvalue weighted by molar-refractivity contribution is 5.95. The normalized spacial score (nSPS) is 10.9. The second-order valence-electron chi connectivity index (χ2n) is 2.96. The van der Waals surface area contributed by atoms with Crippen LogP contribution < -0.4 is 5.32 Å². The van der Waals surface area contributed by atoms with Crippen LogP contribution in [0.2, 0.25) is 0 Å². The lowest BCUT2D eigenvalue weighted by Gasteiger charge is -2.03. The molecule has 0 radical (unpaired) electrons. The zero-order valence-corrected chi connectivity index (χ0v) is 7.50. The molecule has 0 aliphatic heterocycles. The molecule has 1 amide bonds. The molecular formula is C9H7F2N3O. The van der Waals surface area contributed by atoms with Crippen LogP contribution in [0.25, 0.3) is 10.9 Å². The third-order valence-corrected chi connectivity index (χ3v) is 1.91. The third kappa shape index (κ3) is 1.93. The topological polar surface area (TPSA) is 57.8 Å². The summed E-state index contributed by atoms with van der Waals surface area (Å²) in [6, 6.07) is 4.75. The summed E-state index contributed by atoms with van der Waals surface area (Å²) in [7, 11) is 0. The molecule has 0 atom stereocenters. The van der Waals surface area contributed by atoms with Gasteiger partial charge in [0.05, 0.1) is 11.7 Å². The maximum atomic E-state index is 11.9. The van der Waals surface area contributed by atoms with Crippen LogP contribution in [-0.2, 0) is 4.79 Å². The molecule has 0 spiro atoms. The molecule has 78 valence electrons. The number of rotatable bonds is 2. The first-order chi connectivity index (χ1) is 7.16. The molecule has 2 N–H and O–H groups in total. The van der Waals surface area contributed by atoms with E-state index in [9.17, 15) is 13.6 Å². The Morgan fingerprint density at radius 3 is 3.00 bits per heavy atom. The van der Waals surface area contributed by atoms with E-state index in [-0.39, 0.29) is 0 Å². The van der Waals surface area contributed by atoms with Crippen LogP contribution >= 0.6 is 0 Å². The summed E-state index contributed by atoms with van der Waals surface area (Å²) in [5, 5.41) is 9.33. The van der Waals surface area contributed by atoms with Gasteiger partial charge in [0.15, 0.2) is 0 Å². The molecule has 15 heavy (non-hydrogen) atoms. The Kier molecular flexibility index (Phi) is 2.32. The second-order valence-corrected chi connectivity index (χ2v) is 2.96. The number of H-pyrrole nitrogens is 1. The number of anilines is 1. The predicted octanol–water partition coefficient (Wildman–Crippen LogP) is 1.77.